The van der Waals surface area contributed by atoms with E-state index in [1.54, 1.807) is 25.1 Å². The fraction of sp³-hybridized carbons (Fsp3) is 0.273. The maximum absolute atomic E-state index is 11.8. The minimum Gasteiger partial charge on any atom is -0.342 e. The van der Waals surface area contributed by atoms with E-state index in [2.05, 4.69) is 21.2 Å². The summed E-state index contributed by atoms with van der Waals surface area (Å²) in [4.78, 5) is 22.8. The van der Waals surface area contributed by atoms with Gasteiger partial charge in [-0.25, -0.2) is 0 Å². The first-order valence-corrected chi connectivity index (χ1v) is 5.86. The van der Waals surface area contributed by atoms with Crippen molar-refractivity contribution < 1.29 is 9.59 Å². The Morgan fingerprint density at radius 2 is 2.06 bits per heavy atom. The van der Waals surface area contributed by atoms with Crippen molar-refractivity contribution in [1.82, 2.24) is 5.32 Å². The summed E-state index contributed by atoms with van der Waals surface area (Å²) >= 11 is 9.19. The Morgan fingerprint density at radius 3 is 2.62 bits per heavy atom. The highest BCUT2D eigenvalue weighted by Crippen LogP contribution is 2.25. The zero-order valence-corrected chi connectivity index (χ0v) is 11.2. The Balaban J connectivity index is 2.89. The molecule has 1 N–H and O–H groups in total. The molecule has 3 nitrogen and oxygen atoms in total. The summed E-state index contributed by atoms with van der Waals surface area (Å²) in [6.45, 7) is 3.06. The normalized spacial score (nSPS) is 12.0. The van der Waals surface area contributed by atoms with Crippen molar-refractivity contribution in [2.24, 2.45) is 0 Å². The largest absolute Gasteiger partial charge is 0.342 e. The van der Waals surface area contributed by atoms with Gasteiger partial charge in [0, 0.05) is 4.47 Å². The second-order valence-corrected chi connectivity index (χ2v) is 4.64. The molecular formula is C11H11BrClNO2. The molecule has 1 aromatic rings. The Bertz CT molecular complexity index is 434. The van der Waals surface area contributed by atoms with Gasteiger partial charge in [-0.05, 0) is 41.9 Å². The van der Waals surface area contributed by atoms with Gasteiger partial charge in [-0.1, -0.05) is 17.7 Å². The standard InChI is InChI=1S/C11H11BrClNO2/c1-6(7(2)15)14-11(16)8-4-3-5-9(12)10(8)13/h3-6H,1-2H3,(H,14,16). The van der Waals surface area contributed by atoms with Gasteiger partial charge in [-0.3, -0.25) is 9.59 Å². The first kappa shape index (κ1) is 13.2. The molecule has 5 heteroatoms. The predicted octanol–water partition coefficient (Wildman–Crippen LogP) is 2.81. The van der Waals surface area contributed by atoms with Crippen LogP contribution in [-0.2, 0) is 4.79 Å². The Kier molecular flexibility index (Phi) is 4.50. The number of rotatable bonds is 3. The molecule has 0 aliphatic carbocycles. The number of hydrogen-bond acceptors (Lipinski definition) is 2. The van der Waals surface area contributed by atoms with Crippen molar-refractivity contribution in [2.45, 2.75) is 19.9 Å². The first-order chi connectivity index (χ1) is 7.43. The smallest absolute Gasteiger partial charge is 0.253 e. The lowest BCUT2D eigenvalue weighted by molar-refractivity contribution is -0.118. The Hall–Kier alpha value is -0.870. The van der Waals surface area contributed by atoms with Crippen LogP contribution in [0.5, 0.6) is 0 Å². The zero-order valence-electron chi connectivity index (χ0n) is 8.88. The van der Waals surface area contributed by atoms with Crippen LogP contribution in [0.1, 0.15) is 24.2 Å². The second-order valence-electron chi connectivity index (χ2n) is 3.41. The van der Waals surface area contributed by atoms with Crippen LogP contribution in [-0.4, -0.2) is 17.7 Å². The van der Waals surface area contributed by atoms with Crippen molar-refractivity contribution >= 4 is 39.2 Å². The van der Waals surface area contributed by atoms with Crippen molar-refractivity contribution in [2.75, 3.05) is 0 Å². The number of carbonyl (C=O) groups excluding carboxylic acids is 2. The van der Waals surface area contributed by atoms with Crippen molar-refractivity contribution in [3.05, 3.63) is 33.3 Å². The number of hydrogen-bond donors (Lipinski definition) is 1. The predicted molar refractivity (Wildman–Crippen MR) is 66.8 cm³/mol. The zero-order chi connectivity index (χ0) is 12.3. The highest BCUT2D eigenvalue weighted by atomic mass is 79.9. The Labute approximate surface area is 107 Å². The van der Waals surface area contributed by atoms with Crippen LogP contribution in [0.4, 0.5) is 0 Å². The molecule has 0 bridgehead atoms. The van der Waals surface area contributed by atoms with Crippen molar-refractivity contribution in [3.63, 3.8) is 0 Å². The Morgan fingerprint density at radius 1 is 1.44 bits per heavy atom. The van der Waals surface area contributed by atoms with Crippen molar-refractivity contribution in [1.29, 1.82) is 0 Å². The summed E-state index contributed by atoms with van der Waals surface area (Å²) in [6, 6.07) is 4.55. The lowest BCUT2D eigenvalue weighted by atomic mass is 10.2. The summed E-state index contributed by atoms with van der Waals surface area (Å²) in [5.74, 6) is -0.450. The summed E-state index contributed by atoms with van der Waals surface area (Å²) in [5, 5.41) is 2.91. The quantitative estimate of drug-likeness (QED) is 0.933. The van der Waals surface area contributed by atoms with Crippen LogP contribution < -0.4 is 5.32 Å². The summed E-state index contributed by atoms with van der Waals surface area (Å²) in [7, 11) is 0. The van der Waals surface area contributed by atoms with Gasteiger partial charge in [0.15, 0.2) is 5.78 Å². The minimum atomic E-state index is -0.512. The molecule has 1 amide bonds. The molecule has 0 saturated heterocycles. The van der Waals surface area contributed by atoms with Crippen LogP contribution in [0.3, 0.4) is 0 Å². The van der Waals surface area contributed by atoms with Crippen LogP contribution in [0, 0.1) is 0 Å². The molecule has 0 saturated carbocycles. The van der Waals surface area contributed by atoms with Gasteiger partial charge in [0.05, 0.1) is 16.6 Å². The van der Waals surface area contributed by atoms with Gasteiger partial charge < -0.3 is 5.32 Å². The fourth-order valence-electron chi connectivity index (χ4n) is 1.06. The van der Waals surface area contributed by atoms with E-state index in [-0.39, 0.29) is 11.7 Å². The maximum Gasteiger partial charge on any atom is 0.253 e. The second kappa shape index (κ2) is 5.46. The number of ketones is 1. The minimum absolute atomic E-state index is 0.0977. The molecule has 0 fully saturated rings. The third kappa shape index (κ3) is 3.06. The molecule has 1 rings (SSSR count). The number of nitrogens with one attached hydrogen (secondary N) is 1. The summed E-state index contributed by atoms with van der Waals surface area (Å²) in [6.07, 6.45) is 0. The monoisotopic (exact) mass is 303 g/mol. The van der Waals surface area contributed by atoms with E-state index in [1.165, 1.54) is 6.92 Å². The van der Waals surface area contributed by atoms with Crippen LogP contribution in [0.15, 0.2) is 22.7 Å². The van der Waals surface area contributed by atoms with Crippen molar-refractivity contribution in [3.8, 4) is 0 Å². The number of amides is 1. The van der Waals surface area contributed by atoms with Gasteiger partial charge >= 0.3 is 0 Å². The number of Topliss-reactive ketones (excluding diaryl/α,β-unsaturated/α-hetero) is 1. The molecule has 1 aromatic carbocycles. The molecule has 1 unspecified atom stereocenters. The van der Waals surface area contributed by atoms with E-state index in [4.69, 9.17) is 11.6 Å². The van der Waals surface area contributed by atoms with E-state index in [1.807, 2.05) is 0 Å². The molecule has 1 atom stereocenters. The molecule has 0 aromatic heterocycles. The number of halogens is 2. The topological polar surface area (TPSA) is 46.2 Å². The fourth-order valence-corrected chi connectivity index (χ4v) is 1.63. The highest BCUT2D eigenvalue weighted by molar-refractivity contribution is 9.10. The lowest BCUT2D eigenvalue weighted by Crippen LogP contribution is -2.37. The number of carbonyl (C=O) groups is 2. The van der Waals surface area contributed by atoms with E-state index < -0.39 is 6.04 Å². The molecule has 0 aliphatic rings. The van der Waals surface area contributed by atoms with E-state index in [0.717, 1.165) is 0 Å². The molecular weight excluding hydrogens is 293 g/mol. The van der Waals surface area contributed by atoms with Gasteiger partial charge in [-0.15, -0.1) is 0 Å². The molecule has 16 heavy (non-hydrogen) atoms. The SMILES string of the molecule is CC(=O)C(C)NC(=O)c1cccc(Br)c1Cl. The number of benzene rings is 1. The van der Waals surface area contributed by atoms with E-state index >= 15 is 0 Å². The lowest BCUT2D eigenvalue weighted by Gasteiger charge is -2.11. The summed E-state index contributed by atoms with van der Waals surface area (Å²) < 4.78 is 0.650. The van der Waals surface area contributed by atoms with Crippen LogP contribution >= 0.6 is 27.5 Å². The van der Waals surface area contributed by atoms with Crippen LogP contribution in [0.2, 0.25) is 5.02 Å². The molecule has 0 heterocycles. The average Bonchev–Trinajstić information content (AvgIpc) is 2.21. The third-order valence-corrected chi connectivity index (χ3v) is 3.45. The molecule has 0 aliphatic heterocycles. The van der Waals surface area contributed by atoms with Gasteiger partial charge in [0.1, 0.15) is 0 Å². The molecule has 86 valence electrons. The highest BCUT2D eigenvalue weighted by Gasteiger charge is 2.16. The first-order valence-electron chi connectivity index (χ1n) is 4.68. The average molecular weight is 305 g/mol. The van der Waals surface area contributed by atoms with Gasteiger partial charge in [0.2, 0.25) is 0 Å². The maximum atomic E-state index is 11.8. The van der Waals surface area contributed by atoms with Crippen LogP contribution in [0.25, 0.3) is 0 Å². The third-order valence-electron chi connectivity index (χ3n) is 2.15. The molecule has 0 radical (unpaired) electrons. The summed E-state index contributed by atoms with van der Waals surface area (Å²) in [5.41, 5.74) is 0.351. The van der Waals surface area contributed by atoms with E-state index in [0.29, 0.717) is 15.1 Å². The van der Waals surface area contributed by atoms with E-state index in [9.17, 15) is 9.59 Å². The molecule has 0 spiro atoms. The van der Waals surface area contributed by atoms with Gasteiger partial charge in [-0.2, -0.15) is 0 Å². The van der Waals surface area contributed by atoms with Gasteiger partial charge in [0.25, 0.3) is 5.91 Å².